The van der Waals surface area contributed by atoms with Gasteiger partial charge in [-0.15, -0.1) is 0 Å². The van der Waals surface area contributed by atoms with Crippen LogP contribution in [0, 0.1) is 17.3 Å². The van der Waals surface area contributed by atoms with Crippen LogP contribution in [-0.4, -0.2) is 6.54 Å². The van der Waals surface area contributed by atoms with Gasteiger partial charge in [-0.2, -0.15) is 0 Å². The minimum Gasteiger partial charge on any atom is -0.330 e. The number of hydrogen-bond acceptors (Lipinski definition) is 1. The van der Waals surface area contributed by atoms with Crippen molar-refractivity contribution in [2.45, 2.75) is 33.6 Å². The first-order chi connectivity index (χ1) is 10.6. The van der Waals surface area contributed by atoms with Crippen LogP contribution in [0.15, 0.2) is 42.0 Å². The van der Waals surface area contributed by atoms with Gasteiger partial charge < -0.3 is 5.73 Å². The predicted molar refractivity (Wildman–Crippen MR) is 94.7 cm³/mol. The van der Waals surface area contributed by atoms with Crippen LogP contribution in [0.2, 0.25) is 0 Å². The molecule has 2 unspecified atom stereocenters. The largest absolute Gasteiger partial charge is 0.330 e. The zero-order valence-electron chi connectivity index (χ0n) is 13.8. The second-order valence-electron chi connectivity index (χ2n) is 7.67. The van der Waals surface area contributed by atoms with Gasteiger partial charge in [0.05, 0.1) is 0 Å². The van der Waals surface area contributed by atoms with E-state index in [0.717, 1.165) is 25.3 Å². The molecule has 114 valence electrons. The van der Waals surface area contributed by atoms with E-state index < -0.39 is 0 Å². The summed E-state index contributed by atoms with van der Waals surface area (Å²) in [6, 6.07) is 13.4. The summed E-state index contributed by atoms with van der Waals surface area (Å²) in [5.41, 5.74) is 12.5. The Morgan fingerprint density at radius 2 is 1.91 bits per heavy atom. The number of hydrogen-bond donors (Lipinski definition) is 1. The van der Waals surface area contributed by atoms with Gasteiger partial charge in [0.15, 0.2) is 0 Å². The molecular formula is C21H25N. The third kappa shape index (κ3) is 1.82. The lowest BCUT2D eigenvalue weighted by atomic mass is 9.94. The Balaban J connectivity index is 1.81. The molecule has 0 bridgehead atoms. The van der Waals surface area contributed by atoms with E-state index in [1.54, 1.807) is 16.7 Å². The van der Waals surface area contributed by atoms with Crippen molar-refractivity contribution in [2.24, 2.45) is 23.0 Å². The molecule has 2 aliphatic carbocycles. The van der Waals surface area contributed by atoms with Crippen LogP contribution in [0.5, 0.6) is 0 Å². The standard InChI is InChI=1S/C21H25N/c1-13-12-17-15-7-5-4-6-14(15)8-9-16(17)19(13)20-18(10-11-22)21(20,2)3/h4-9,18,20H,10-12,22H2,1-3H3. The maximum absolute atomic E-state index is 5.84. The van der Waals surface area contributed by atoms with Gasteiger partial charge in [-0.05, 0) is 71.0 Å². The third-order valence-corrected chi connectivity index (χ3v) is 6.07. The fourth-order valence-corrected chi connectivity index (χ4v) is 4.84. The Hall–Kier alpha value is -1.60. The predicted octanol–water partition coefficient (Wildman–Crippen LogP) is 4.79. The highest BCUT2D eigenvalue weighted by molar-refractivity contribution is 5.94. The topological polar surface area (TPSA) is 26.0 Å². The molecule has 0 aromatic heterocycles. The minimum atomic E-state index is 0.406. The first-order valence-electron chi connectivity index (χ1n) is 8.46. The van der Waals surface area contributed by atoms with Crippen molar-refractivity contribution in [3.63, 3.8) is 0 Å². The zero-order valence-corrected chi connectivity index (χ0v) is 13.8. The molecule has 2 aromatic rings. The molecule has 0 radical (unpaired) electrons. The number of allylic oxidation sites excluding steroid dienone is 2. The molecule has 0 spiro atoms. The second kappa shape index (κ2) is 4.70. The molecule has 4 rings (SSSR count). The molecule has 2 aromatic carbocycles. The van der Waals surface area contributed by atoms with E-state index in [0.29, 0.717) is 11.3 Å². The SMILES string of the molecule is CC1=C(C2C(CCN)C2(C)C)c2ccc3ccccc3c2C1. The van der Waals surface area contributed by atoms with E-state index in [2.05, 4.69) is 57.2 Å². The quantitative estimate of drug-likeness (QED) is 0.864. The molecule has 2 atom stereocenters. The van der Waals surface area contributed by atoms with Crippen LogP contribution in [0.25, 0.3) is 16.3 Å². The number of nitrogens with two attached hydrogens (primary N) is 1. The van der Waals surface area contributed by atoms with Crippen molar-refractivity contribution in [1.82, 2.24) is 0 Å². The average molecular weight is 291 g/mol. The molecule has 0 amide bonds. The second-order valence-corrected chi connectivity index (χ2v) is 7.67. The van der Waals surface area contributed by atoms with Crippen molar-refractivity contribution < 1.29 is 0 Å². The van der Waals surface area contributed by atoms with Gasteiger partial charge in [-0.3, -0.25) is 0 Å². The lowest BCUT2D eigenvalue weighted by Crippen LogP contribution is -2.02. The normalized spacial score (nSPS) is 25.6. The molecule has 1 saturated carbocycles. The lowest BCUT2D eigenvalue weighted by molar-refractivity contribution is 0.534. The van der Waals surface area contributed by atoms with Crippen molar-refractivity contribution in [2.75, 3.05) is 6.54 Å². The summed E-state index contributed by atoms with van der Waals surface area (Å²) < 4.78 is 0. The van der Waals surface area contributed by atoms with Gasteiger partial charge in [0.2, 0.25) is 0 Å². The lowest BCUT2D eigenvalue weighted by Gasteiger charge is -2.10. The van der Waals surface area contributed by atoms with Crippen LogP contribution in [-0.2, 0) is 6.42 Å². The summed E-state index contributed by atoms with van der Waals surface area (Å²) in [4.78, 5) is 0. The van der Waals surface area contributed by atoms with E-state index in [1.807, 2.05) is 0 Å². The molecule has 2 N–H and O–H groups in total. The first kappa shape index (κ1) is 14.0. The van der Waals surface area contributed by atoms with Crippen LogP contribution in [0.1, 0.15) is 38.3 Å². The maximum atomic E-state index is 5.84. The van der Waals surface area contributed by atoms with Crippen LogP contribution in [0.3, 0.4) is 0 Å². The molecule has 1 heteroatoms. The molecule has 0 saturated heterocycles. The van der Waals surface area contributed by atoms with Gasteiger partial charge in [0.1, 0.15) is 0 Å². The number of rotatable bonds is 3. The summed E-state index contributed by atoms with van der Waals surface area (Å²) in [6.07, 6.45) is 2.27. The van der Waals surface area contributed by atoms with Crippen molar-refractivity contribution >= 4 is 16.3 Å². The maximum Gasteiger partial charge on any atom is -0.00515 e. The average Bonchev–Trinajstić information content (AvgIpc) is 2.87. The molecular weight excluding hydrogens is 266 g/mol. The Morgan fingerprint density at radius 1 is 1.14 bits per heavy atom. The first-order valence-corrected chi connectivity index (χ1v) is 8.46. The monoisotopic (exact) mass is 291 g/mol. The number of benzene rings is 2. The van der Waals surface area contributed by atoms with E-state index in [4.69, 9.17) is 5.73 Å². The van der Waals surface area contributed by atoms with Crippen LogP contribution < -0.4 is 5.73 Å². The van der Waals surface area contributed by atoms with E-state index >= 15 is 0 Å². The molecule has 0 heterocycles. The summed E-state index contributed by atoms with van der Waals surface area (Å²) in [6.45, 7) is 7.97. The summed E-state index contributed by atoms with van der Waals surface area (Å²) in [5.74, 6) is 1.44. The molecule has 0 aliphatic heterocycles. The fraction of sp³-hybridized carbons (Fsp3) is 0.429. The summed E-state index contributed by atoms with van der Waals surface area (Å²) in [7, 11) is 0. The zero-order chi connectivity index (χ0) is 15.5. The van der Waals surface area contributed by atoms with E-state index in [1.165, 1.54) is 16.3 Å². The van der Waals surface area contributed by atoms with Gasteiger partial charge in [-0.25, -0.2) is 0 Å². The van der Waals surface area contributed by atoms with E-state index in [-0.39, 0.29) is 0 Å². The molecule has 2 aliphatic rings. The van der Waals surface area contributed by atoms with Crippen LogP contribution in [0.4, 0.5) is 0 Å². The van der Waals surface area contributed by atoms with E-state index in [9.17, 15) is 0 Å². The highest BCUT2D eigenvalue weighted by Gasteiger charge is 2.59. The van der Waals surface area contributed by atoms with Gasteiger partial charge in [-0.1, -0.05) is 55.8 Å². The summed E-state index contributed by atoms with van der Waals surface area (Å²) >= 11 is 0. The van der Waals surface area contributed by atoms with Gasteiger partial charge >= 0.3 is 0 Å². The third-order valence-electron chi connectivity index (χ3n) is 6.07. The molecule has 1 fully saturated rings. The Kier molecular flexibility index (Phi) is 2.99. The minimum absolute atomic E-state index is 0.406. The highest BCUT2D eigenvalue weighted by atomic mass is 14.7. The molecule has 1 nitrogen and oxygen atoms in total. The summed E-state index contributed by atoms with van der Waals surface area (Å²) in [5, 5.41) is 2.80. The van der Waals surface area contributed by atoms with Crippen LogP contribution >= 0.6 is 0 Å². The Labute approximate surface area is 133 Å². The smallest absolute Gasteiger partial charge is 0.00515 e. The Bertz CT molecular complexity index is 782. The van der Waals surface area contributed by atoms with Crippen molar-refractivity contribution in [3.8, 4) is 0 Å². The highest BCUT2D eigenvalue weighted by Crippen LogP contribution is 2.67. The van der Waals surface area contributed by atoms with Crippen molar-refractivity contribution in [1.29, 1.82) is 0 Å². The fourth-order valence-electron chi connectivity index (χ4n) is 4.84. The van der Waals surface area contributed by atoms with Gasteiger partial charge in [0.25, 0.3) is 0 Å². The Morgan fingerprint density at radius 3 is 2.68 bits per heavy atom. The van der Waals surface area contributed by atoms with Crippen molar-refractivity contribution in [3.05, 3.63) is 53.1 Å². The number of fused-ring (bicyclic) bond motifs is 3. The van der Waals surface area contributed by atoms with Gasteiger partial charge in [0, 0.05) is 0 Å². The molecule has 22 heavy (non-hydrogen) atoms.